The number of esters is 1. The number of aryl methyl sites for hydroxylation is 1. The summed E-state index contributed by atoms with van der Waals surface area (Å²) in [7, 11) is -7.86. The van der Waals surface area contributed by atoms with Crippen molar-refractivity contribution in [1.29, 1.82) is 0 Å². The van der Waals surface area contributed by atoms with E-state index >= 15 is 0 Å². The van der Waals surface area contributed by atoms with Gasteiger partial charge in [-0.2, -0.15) is 4.72 Å². The molecule has 10 nitrogen and oxygen atoms in total. The van der Waals surface area contributed by atoms with Crippen molar-refractivity contribution < 1.29 is 31.2 Å². The smallest absolute Gasteiger partial charge is 0.321 e. The zero-order chi connectivity index (χ0) is 22.5. The van der Waals surface area contributed by atoms with Crippen LogP contribution in [-0.2, 0) is 34.4 Å². The molecule has 0 bridgehead atoms. The number of hydrogen-bond acceptors (Lipinski definition) is 7. The zero-order valence-electron chi connectivity index (χ0n) is 16.2. The third kappa shape index (κ3) is 6.62. The largest absolute Gasteiger partial charge is 0.452 e. The van der Waals surface area contributed by atoms with Crippen molar-refractivity contribution in [3.05, 3.63) is 54.1 Å². The molecule has 2 aromatic carbocycles. The number of carbonyl (C=O) groups excluding carboxylic acids is 2. The number of primary sulfonamides is 1. The zero-order valence-corrected chi connectivity index (χ0v) is 17.8. The number of anilines is 1. The maximum absolute atomic E-state index is 12.2. The molecule has 2 aromatic rings. The molecule has 1 atom stereocenters. The van der Waals surface area contributed by atoms with Crippen LogP contribution in [0.1, 0.15) is 12.5 Å². The van der Waals surface area contributed by atoms with E-state index in [4.69, 9.17) is 9.88 Å². The van der Waals surface area contributed by atoms with Crippen LogP contribution in [0.5, 0.6) is 0 Å². The van der Waals surface area contributed by atoms with Crippen LogP contribution in [0.3, 0.4) is 0 Å². The van der Waals surface area contributed by atoms with Crippen LogP contribution < -0.4 is 15.2 Å². The Bertz CT molecular complexity index is 1140. The van der Waals surface area contributed by atoms with Gasteiger partial charge in [0.2, 0.25) is 20.0 Å². The summed E-state index contributed by atoms with van der Waals surface area (Å²) in [5.74, 6) is -1.71. The van der Waals surface area contributed by atoms with Gasteiger partial charge in [0, 0.05) is 5.69 Å². The molecule has 1 amide bonds. The Morgan fingerprint density at radius 3 is 2.27 bits per heavy atom. The van der Waals surface area contributed by atoms with Crippen LogP contribution in [-0.4, -0.2) is 41.4 Å². The molecule has 0 heterocycles. The summed E-state index contributed by atoms with van der Waals surface area (Å²) < 4.78 is 54.1. The second-order valence-corrected chi connectivity index (χ2v) is 9.66. The highest BCUT2D eigenvalue weighted by molar-refractivity contribution is 7.89. The van der Waals surface area contributed by atoms with E-state index in [1.807, 2.05) is 0 Å². The molecule has 0 aromatic heterocycles. The van der Waals surface area contributed by atoms with E-state index < -0.39 is 44.6 Å². The highest BCUT2D eigenvalue weighted by Gasteiger charge is 2.21. The highest BCUT2D eigenvalue weighted by atomic mass is 32.2. The first-order valence-electron chi connectivity index (χ1n) is 8.58. The summed E-state index contributed by atoms with van der Waals surface area (Å²) >= 11 is 0. The van der Waals surface area contributed by atoms with Gasteiger partial charge in [0.15, 0.2) is 6.10 Å². The molecule has 30 heavy (non-hydrogen) atoms. The summed E-state index contributed by atoms with van der Waals surface area (Å²) in [6.07, 6.45) is -1.26. The minimum Gasteiger partial charge on any atom is -0.452 e. The van der Waals surface area contributed by atoms with Gasteiger partial charge in [0.05, 0.1) is 9.79 Å². The lowest BCUT2D eigenvalue weighted by molar-refractivity contribution is -0.151. The summed E-state index contributed by atoms with van der Waals surface area (Å²) in [6, 6.07) is 11.2. The molecule has 0 saturated carbocycles. The first-order chi connectivity index (χ1) is 13.9. The third-order valence-electron chi connectivity index (χ3n) is 3.85. The Morgan fingerprint density at radius 1 is 1.03 bits per heavy atom. The molecular formula is C18H21N3O7S2. The Morgan fingerprint density at radius 2 is 1.67 bits per heavy atom. The minimum atomic E-state index is -3.95. The average Bonchev–Trinajstić information content (AvgIpc) is 2.66. The number of nitrogens with two attached hydrogens (primary N) is 1. The van der Waals surface area contributed by atoms with Crippen molar-refractivity contribution in [3.63, 3.8) is 0 Å². The number of benzene rings is 2. The molecule has 4 N–H and O–H groups in total. The number of amides is 1. The fraction of sp³-hybridized carbons (Fsp3) is 0.222. The van der Waals surface area contributed by atoms with Crippen molar-refractivity contribution in [2.75, 3.05) is 11.9 Å². The van der Waals surface area contributed by atoms with E-state index in [1.54, 1.807) is 19.1 Å². The molecule has 0 spiro atoms. The van der Waals surface area contributed by atoms with Gasteiger partial charge in [-0.15, -0.1) is 0 Å². The first kappa shape index (κ1) is 23.5. The number of rotatable bonds is 8. The molecule has 2 rings (SSSR count). The Kier molecular flexibility index (Phi) is 7.31. The molecule has 0 saturated heterocycles. The Balaban J connectivity index is 1.92. The van der Waals surface area contributed by atoms with E-state index in [2.05, 4.69) is 10.0 Å². The normalized spacial score (nSPS) is 12.8. The van der Waals surface area contributed by atoms with Gasteiger partial charge in [-0.25, -0.2) is 22.0 Å². The van der Waals surface area contributed by atoms with Crippen molar-refractivity contribution in [1.82, 2.24) is 4.72 Å². The fourth-order valence-electron chi connectivity index (χ4n) is 2.24. The van der Waals surface area contributed by atoms with Crippen molar-refractivity contribution in [2.24, 2.45) is 5.14 Å². The summed E-state index contributed by atoms with van der Waals surface area (Å²) in [6.45, 7) is 2.42. The number of sulfonamides is 2. The first-order valence-corrected chi connectivity index (χ1v) is 11.6. The third-order valence-corrected chi connectivity index (χ3v) is 6.17. The van der Waals surface area contributed by atoms with Crippen LogP contribution in [0.15, 0.2) is 58.3 Å². The number of carbonyl (C=O) groups is 2. The lowest BCUT2D eigenvalue weighted by Crippen LogP contribution is -2.35. The quantitative estimate of drug-likeness (QED) is 0.488. The minimum absolute atomic E-state index is 0.0126. The lowest BCUT2D eigenvalue weighted by atomic mass is 10.2. The molecule has 0 aliphatic heterocycles. The van der Waals surface area contributed by atoms with Crippen molar-refractivity contribution in [3.8, 4) is 0 Å². The molecule has 162 valence electrons. The van der Waals surface area contributed by atoms with Crippen molar-refractivity contribution >= 4 is 37.6 Å². The van der Waals surface area contributed by atoms with Crippen LogP contribution in [0, 0.1) is 6.92 Å². The maximum atomic E-state index is 12.2. The van der Waals surface area contributed by atoms with E-state index in [0.717, 1.165) is 11.6 Å². The number of ether oxygens (including phenoxy) is 1. The Labute approximate surface area is 174 Å². The summed E-state index contributed by atoms with van der Waals surface area (Å²) in [5, 5.41) is 7.42. The Hall–Kier alpha value is -2.80. The monoisotopic (exact) mass is 455 g/mol. The van der Waals surface area contributed by atoms with Gasteiger partial charge >= 0.3 is 5.97 Å². The number of nitrogens with one attached hydrogen (secondary N) is 2. The van der Waals surface area contributed by atoms with Gasteiger partial charge in [-0.1, -0.05) is 23.8 Å². The van der Waals surface area contributed by atoms with Gasteiger partial charge in [-0.3, -0.25) is 9.59 Å². The van der Waals surface area contributed by atoms with Gasteiger partial charge in [0.1, 0.15) is 6.54 Å². The highest BCUT2D eigenvalue weighted by Crippen LogP contribution is 2.15. The van der Waals surface area contributed by atoms with E-state index in [-0.39, 0.29) is 15.5 Å². The summed E-state index contributed by atoms with van der Waals surface area (Å²) in [4.78, 5) is 23.8. The van der Waals surface area contributed by atoms with Gasteiger partial charge in [0.25, 0.3) is 5.91 Å². The van der Waals surface area contributed by atoms with Crippen molar-refractivity contribution in [2.45, 2.75) is 29.7 Å². The molecular weight excluding hydrogens is 434 g/mol. The molecule has 0 aliphatic carbocycles. The average molecular weight is 456 g/mol. The predicted octanol–water partition coefficient (Wildman–Crippen LogP) is 0.491. The molecule has 1 unspecified atom stereocenters. The maximum Gasteiger partial charge on any atom is 0.321 e. The number of hydrogen-bond donors (Lipinski definition) is 3. The molecule has 0 aliphatic rings. The van der Waals surface area contributed by atoms with Crippen LogP contribution >= 0.6 is 0 Å². The molecule has 0 radical (unpaired) electrons. The van der Waals surface area contributed by atoms with Gasteiger partial charge < -0.3 is 10.1 Å². The topological polar surface area (TPSA) is 162 Å². The second-order valence-electron chi connectivity index (χ2n) is 6.33. The van der Waals surface area contributed by atoms with Gasteiger partial charge in [-0.05, 0) is 44.2 Å². The van der Waals surface area contributed by atoms with E-state index in [1.165, 1.54) is 37.3 Å². The standard InChI is InChI=1S/C18H21N3O7S2/c1-12-6-8-15(9-7-12)30(26,27)20-11-17(22)28-13(2)18(23)21-14-4-3-5-16(10-14)29(19,24)25/h3-10,13,20H,11H2,1-2H3,(H,21,23)(H2,19,24,25). The summed E-state index contributed by atoms with van der Waals surface area (Å²) in [5.41, 5.74) is 1.01. The van der Waals surface area contributed by atoms with Crippen LogP contribution in [0.25, 0.3) is 0 Å². The lowest BCUT2D eigenvalue weighted by Gasteiger charge is -2.14. The SMILES string of the molecule is Cc1ccc(S(=O)(=O)NCC(=O)OC(C)C(=O)Nc2cccc(S(N)(=O)=O)c2)cc1. The fourth-order valence-corrected chi connectivity index (χ4v) is 3.77. The van der Waals surface area contributed by atoms with E-state index in [0.29, 0.717) is 0 Å². The second kappa shape index (κ2) is 9.34. The van der Waals surface area contributed by atoms with E-state index in [9.17, 15) is 26.4 Å². The van der Waals surface area contributed by atoms with Crippen LogP contribution in [0.4, 0.5) is 5.69 Å². The molecule has 12 heteroatoms. The predicted molar refractivity (Wildman–Crippen MR) is 108 cm³/mol. The molecule has 0 fully saturated rings. The van der Waals surface area contributed by atoms with Crippen LogP contribution in [0.2, 0.25) is 0 Å².